The van der Waals surface area contributed by atoms with Gasteiger partial charge in [-0.2, -0.15) is 0 Å². The average Bonchev–Trinajstić information content (AvgIpc) is 2.96. The Kier molecular flexibility index (Phi) is 6.49. The Morgan fingerprint density at radius 3 is 2.66 bits per heavy atom. The van der Waals surface area contributed by atoms with Gasteiger partial charge >= 0.3 is 0 Å². The lowest BCUT2D eigenvalue weighted by molar-refractivity contribution is -0.127. The van der Waals surface area contributed by atoms with Gasteiger partial charge in [-0.15, -0.1) is 0 Å². The third kappa shape index (κ3) is 4.90. The molecule has 0 unspecified atom stereocenters. The number of rotatable bonds is 5. The van der Waals surface area contributed by atoms with Gasteiger partial charge < -0.3 is 10.1 Å². The van der Waals surface area contributed by atoms with E-state index in [1.54, 1.807) is 18.2 Å². The Bertz CT molecular complexity index is 880. The molecular weight excluding hydrogens is 424 g/mol. The number of ether oxygens (including phenoxy) is 1. The number of hydrogen-bond acceptors (Lipinski definition) is 7. The van der Waals surface area contributed by atoms with Crippen molar-refractivity contribution in [3.8, 4) is 5.75 Å². The first kappa shape index (κ1) is 21.6. The fraction of sp³-hybridized carbons (Fsp3) is 0.389. The quantitative estimate of drug-likeness (QED) is 0.528. The van der Waals surface area contributed by atoms with Crippen molar-refractivity contribution in [2.24, 2.45) is 5.14 Å². The van der Waals surface area contributed by atoms with Crippen LogP contribution in [0.1, 0.15) is 25.7 Å². The summed E-state index contributed by atoms with van der Waals surface area (Å²) in [6.07, 6.45) is -0.542. The lowest BCUT2D eigenvalue weighted by atomic mass is 9.91. The minimum absolute atomic E-state index is 0.0691. The highest BCUT2D eigenvalue weighted by Gasteiger charge is 2.41. The molecule has 3 N–H and O–H groups in total. The summed E-state index contributed by atoms with van der Waals surface area (Å²) >= 11 is 1.70. The van der Waals surface area contributed by atoms with Crippen LogP contribution in [0.4, 0.5) is 19.3 Å². The smallest absolute Gasteiger partial charge is 0.294 e. The van der Waals surface area contributed by atoms with E-state index in [9.17, 15) is 23.2 Å². The summed E-state index contributed by atoms with van der Waals surface area (Å²) in [6, 6.07) is 4.86. The van der Waals surface area contributed by atoms with E-state index in [4.69, 9.17) is 9.88 Å². The molecule has 0 radical (unpaired) electrons. The van der Waals surface area contributed by atoms with Crippen molar-refractivity contribution in [1.29, 1.82) is 0 Å². The van der Waals surface area contributed by atoms with Gasteiger partial charge in [0.05, 0.1) is 16.9 Å². The van der Waals surface area contributed by atoms with Crippen LogP contribution >= 0.6 is 23.7 Å². The molecule has 2 fully saturated rings. The number of hydrogen-bond donors (Lipinski definition) is 2. The number of alkyl halides is 2. The predicted molar refractivity (Wildman–Crippen MR) is 107 cm³/mol. The van der Waals surface area contributed by atoms with E-state index in [0.29, 0.717) is 33.7 Å². The van der Waals surface area contributed by atoms with Gasteiger partial charge in [-0.25, -0.2) is 8.78 Å². The number of imide groups is 1. The number of nitrogens with one attached hydrogen (secondary N) is 1. The molecule has 7 nitrogen and oxygen atoms in total. The van der Waals surface area contributed by atoms with Crippen LogP contribution in [0.3, 0.4) is 0 Å². The van der Waals surface area contributed by atoms with Crippen LogP contribution in [0.5, 0.6) is 5.75 Å². The maximum absolute atomic E-state index is 13.3. The summed E-state index contributed by atoms with van der Waals surface area (Å²) in [5, 5.41) is 7.54. The average molecular weight is 443 g/mol. The molecule has 1 aromatic carbocycles. The van der Waals surface area contributed by atoms with Gasteiger partial charge in [0, 0.05) is 24.6 Å². The minimum atomic E-state index is -2.74. The normalized spacial score (nSPS) is 19.0. The van der Waals surface area contributed by atoms with Crippen molar-refractivity contribution in [1.82, 2.24) is 4.90 Å². The fourth-order valence-corrected chi connectivity index (χ4v) is 4.47. The standard InChI is InChI=1S/C18H19F2N3O4S2/c1-27-12-8-11(2-3-13(12)29-21)22-14(24)9-23-16(25)15(28-17(23)26)10-4-6-18(19,20)7-5-10/h2-3,8H,4-7,9,21H2,1H3,(H,22,24). The molecule has 29 heavy (non-hydrogen) atoms. The van der Waals surface area contributed by atoms with Crippen molar-refractivity contribution in [2.75, 3.05) is 19.0 Å². The first-order chi connectivity index (χ1) is 13.7. The molecule has 3 amide bonds. The topological polar surface area (TPSA) is 102 Å². The number of amides is 3. The molecule has 1 aliphatic carbocycles. The minimum Gasteiger partial charge on any atom is -0.495 e. The zero-order valence-corrected chi connectivity index (χ0v) is 17.1. The van der Waals surface area contributed by atoms with Gasteiger partial charge in [0.2, 0.25) is 11.8 Å². The molecular formula is C18H19F2N3O4S2. The molecule has 0 bridgehead atoms. The SMILES string of the molecule is COc1cc(NC(=O)CN2C(=O)SC(=C3CCC(F)(F)CC3)C2=O)ccc1SN. The molecule has 0 spiro atoms. The summed E-state index contributed by atoms with van der Waals surface area (Å²) in [5.74, 6) is -3.44. The Labute approximate surface area is 174 Å². The monoisotopic (exact) mass is 443 g/mol. The number of carbonyl (C=O) groups excluding carboxylic acids is 3. The third-order valence-electron chi connectivity index (χ3n) is 4.63. The van der Waals surface area contributed by atoms with E-state index in [1.165, 1.54) is 7.11 Å². The highest BCUT2D eigenvalue weighted by atomic mass is 32.2. The number of nitrogens with zero attached hydrogens (tertiary/aromatic N) is 1. The maximum atomic E-state index is 13.3. The van der Waals surface area contributed by atoms with Crippen LogP contribution < -0.4 is 15.2 Å². The molecule has 3 rings (SSSR count). The van der Waals surface area contributed by atoms with Crippen LogP contribution in [0.25, 0.3) is 0 Å². The number of methoxy groups -OCH3 is 1. The lowest BCUT2D eigenvalue weighted by Gasteiger charge is -2.24. The van der Waals surface area contributed by atoms with Crippen LogP contribution in [-0.2, 0) is 9.59 Å². The van der Waals surface area contributed by atoms with Crippen molar-refractivity contribution in [2.45, 2.75) is 36.5 Å². The second kappa shape index (κ2) is 8.72. The summed E-state index contributed by atoms with van der Waals surface area (Å²) in [4.78, 5) is 38.8. The van der Waals surface area contributed by atoms with E-state index >= 15 is 0 Å². The lowest BCUT2D eigenvalue weighted by Crippen LogP contribution is -2.36. The third-order valence-corrected chi connectivity index (χ3v) is 6.29. The van der Waals surface area contributed by atoms with Crippen molar-refractivity contribution in [3.05, 3.63) is 28.7 Å². The van der Waals surface area contributed by atoms with Gasteiger partial charge in [0.25, 0.3) is 11.1 Å². The van der Waals surface area contributed by atoms with Gasteiger partial charge in [-0.3, -0.25) is 24.4 Å². The van der Waals surface area contributed by atoms with E-state index < -0.39 is 29.5 Å². The van der Waals surface area contributed by atoms with Crippen LogP contribution in [0, 0.1) is 0 Å². The number of halogens is 2. The van der Waals surface area contributed by atoms with E-state index in [1.807, 2.05) is 0 Å². The van der Waals surface area contributed by atoms with Crippen LogP contribution in [0.2, 0.25) is 0 Å². The van der Waals surface area contributed by atoms with Gasteiger partial charge in [0.15, 0.2) is 0 Å². The molecule has 0 atom stereocenters. The summed E-state index contributed by atoms with van der Waals surface area (Å²) in [5.41, 5.74) is 0.978. The summed E-state index contributed by atoms with van der Waals surface area (Å²) in [7, 11) is 1.47. The highest BCUT2D eigenvalue weighted by molar-refractivity contribution is 8.18. The highest BCUT2D eigenvalue weighted by Crippen LogP contribution is 2.42. The van der Waals surface area contributed by atoms with Gasteiger partial charge in [-0.1, -0.05) is 5.57 Å². The second-order valence-corrected chi connectivity index (χ2v) is 8.22. The molecule has 11 heteroatoms. The predicted octanol–water partition coefficient (Wildman–Crippen LogP) is 3.76. The van der Waals surface area contributed by atoms with E-state index in [2.05, 4.69) is 5.32 Å². The zero-order valence-electron chi connectivity index (χ0n) is 15.5. The number of benzene rings is 1. The fourth-order valence-electron chi connectivity index (χ4n) is 3.08. The molecule has 2 aliphatic rings. The van der Waals surface area contributed by atoms with Crippen molar-refractivity contribution >= 4 is 46.5 Å². The largest absolute Gasteiger partial charge is 0.495 e. The number of anilines is 1. The second-order valence-electron chi connectivity index (χ2n) is 6.58. The number of allylic oxidation sites excluding steroid dienone is 1. The summed E-state index contributed by atoms with van der Waals surface area (Å²) in [6.45, 7) is -0.465. The van der Waals surface area contributed by atoms with Crippen molar-refractivity contribution < 1.29 is 27.9 Å². The maximum Gasteiger partial charge on any atom is 0.294 e. The molecule has 1 aliphatic heterocycles. The number of carbonyl (C=O) groups is 3. The van der Waals surface area contributed by atoms with Crippen molar-refractivity contribution in [3.63, 3.8) is 0 Å². The number of thioether (sulfide) groups is 1. The Morgan fingerprint density at radius 1 is 1.34 bits per heavy atom. The first-order valence-corrected chi connectivity index (χ1v) is 10.4. The van der Waals surface area contributed by atoms with Crippen LogP contribution in [0.15, 0.2) is 33.6 Å². The van der Waals surface area contributed by atoms with Gasteiger partial charge in [-0.05, 0) is 48.7 Å². The summed E-state index contributed by atoms with van der Waals surface area (Å²) < 4.78 is 31.9. The first-order valence-electron chi connectivity index (χ1n) is 8.72. The van der Waals surface area contributed by atoms with E-state index in [0.717, 1.165) is 16.8 Å². The Hall–Kier alpha value is -2.11. The van der Waals surface area contributed by atoms with Crippen LogP contribution in [-0.4, -0.2) is 41.5 Å². The molecule has 1 heterocycles. The molecule has 1 saturated carbocycles. The number of nitrogens with two attached hydrogens (primary N) is 1. The Balaban J connectivity index is 1.66. The molecule has 0 aromatic heterocycles. The molecule has 156 valence electrons. The molecule has 1 aromatic rings. The van der Waals surface area contributed by atoms with E-state index in [-0.39, 0.29) is 30.6 Å². The zero-order chi connectivity index (χ0) is 21.2. The van der Waals surface area contributed by atoms with Gasteiger partial charge in [0.1, 0.15) is 12.3 Å². The Morgan fingerprint density at radius 2 is 2.03 bits per heavy atom. The molecule has 1 saturated heterocycles.